The van der Waals surface area contributed by atoms with Crippen LogP contribution in [0.3, 0.4) is 0 Å². The van der Waals surface area contributed by atoms with E-state index in [4.69, 9.17) is 0 Å². The first-order valence-electron chi connectivity index (χ1n) is 8.23. The third-order valence-corrected chi connectivity index (χ3v) is 3.93. The van der Waals surface area contributed by atoms with Gasteiger partial charge in [0.25, 0.3) is 0 Å². The number of carbonyl (C=O) groups is 3. The van der Waals surface area contributed by atoms with Crippen LogP contribution in [-0.2, 0) is 27.2 Å². The number of carbonyl (C=O) groups excluding carboxylic acids is 2. The van der Waals surface area contributed by atoms with Gasteiger partial charge in [0.05, 0.1) is 12.7 Å². The Morgan fingerprint density at radius 2 is 1.65 bits per heavy atom. The average Bonchev–Trinajstić information content (AvgIpc) is 2.66. The van der Waals surface area contributed by atoms with Crippen molar-refractivity contribution in [2.75, 3.05) is 7.11 Å². The smallest absolute Gasteiger partial charge is 0.337 e. The zero-order chi connectivity index (χ0) is 18.9. The molecule has 26 heavy (non-hydrogen) atoms. The lowest BCUT2D eigenvalue weighted by Gasteiger charge is -2.14. The Kier molecular flexibility index (Phi) is 6.91. The minimum atomic E-state index is -1.07. The molecule has 0 aliphatic carbocycles. The van der Waals surface area contributed by atoms with Crippen LogP contribution in [-0.4, -0.2) is 36.1 Å². The largest absolute Gasteiger partial charge is 0.480 e. The highest BCUT2D eigenvalue weighted by molar-refractivity contribution is 5.89. The van der Waals surface area contributed by atoms with Gasteiger partial charge in [0.1, 0.15) is 6.04 Å². The number of ether oxygens (including phenoxy) is 1. The molecule has 0 bridgehead atoms. The summed E-state index contributed by atoms with van der Waals surface area (Å²) in [5, 5.41) is 11.9. The van der Waals surface area contributed by atoms with Gasteiger partial charge in [-0.3, -0.25) is 4.79 Å². The van der Waals surface area contributed by atoms with Crippen molar-refractivity contribution in [3.8, 4) is 0 Å². The molecule has 6 nitrogen and oxygen atoms in total. The fourth-order valence-corrected chi connectivity index (χ4v) is 2.50. The van der Waals surface area contributed by atoms with Crippen molar-refractivity contribution in [2.45, 2.75) is 25.3 Å². The van der Waals surface area contributed by atoms with Crippen LogP contribution in [0, 0.1) is 0 Å². The molecule has 0 saturated carbocycles. The van der Waals surface area contributed by atoms with Crippen LogP contribution in [0.2, 0.25) is 0 Å². The van der Waals surface area contributed by atoms with E-state index in [0.717, 1.165) is 11.1 Å². The molecule has 0 aliphatic heterocycles. The molecule has 136 valence electrons. The molecule has 1 amide bonds. The van der Waals surface area contributed by atoms with Crippen molar-refractivity contribution in [1.29, 1.82) is 0 Å². The maximum atomic E-state index is 12.1. The first-order valence-corrected chi connectivity index (χ1v) is 8.23. The lowest BCUT2D eigenvalue weighted by molar-refractivity contribution is -0.141. The Bertz CT molecular complexity index is 756. The molecule has 2 aromatic carbocycles. The van der Waals surface area contributed by atoms with E-state index in [1.807, 2.05) is 30.3 Å². The number of nitrogens with one attached hydrogen (secondary N) is 1. The van der Waals surface area contributed by atoms with E-state index in [0.29, 0.717) is 12.0 Å². The molecular formula is C20H21NO5. The maximum Gasteiger partial charge on any atom is 0.337 e. The highest BCUT2D eigenvalue weighted by Gasteiger charge is 2.20. The summed E-state index contributed by atoms with van der Waals surface area (Å²) in [6.07, 6.45) is 0.844. The van der Waals surface area contributed by atoms with Crippen LogP contribution in [0.15, 0.2) is 54.6 Å². The van der Waals surface area contributed by atoms with Gasteiger partial charge < -0.3 is 15.2 Å². The van der Waals surface area contributed by atoms with Gasteiger partial charge >= 0.3 is 11.9 Å². The average molecular weight is 355 g/mol. The fourth-order valence-electron chi connectivity index (χ4n) is 2.50. The number of carboxylic acid groups (broad SMARTS) is 1. The minimum Gasteiger partial charge on any atom is -0.480 e. The van der Waals surface area contributed by atoms with E-state index in [1.165, 1.54) is 7.11 Å². The summed E-state index contributed by atoms with van der Waals surface area (Å²) < 4.78 is 4.63. The molecule has 2 rings (SSSR count). The van der Waals surface area contributed by atoms with Crippen LogP contribution in [0.4, 0.5) is 0 Å². The van der Waals surface area contributed by atoms with Gasteiger partial charge in [-0.2, -0.15) is 0 Å². The molecule has 2 aromatic rings. The molecule has 0 saturated heterocycles. The number of hydrogen-bond acceptors (Lipinski definition) is 4. The van der Waals surface area contributed by atoms with Crippen LogP contribution in [0.5, 0.6) is 0 Å². The summed E-state index contributed by atoms with van der Waals surface area (Å²) >= 11 is 0. The van der Waals surface area contributed by atoms with Gasteiger partial charge in [-0.15, -0.1) is 0 Å². The number of amides is 1. The summed E-state index contributed by atoms with van der Waals surface area (Å²) in [6, 6.07) is 15.0. The number of rotatable bonds is 8. The number of benzene rings is 2. The summed E-state index contributed by atoms with van der Waals surface area (Å²) in [7, 11) is 1.31. The third kappa shape index (κ3) is 5.73. The van der Waals surface area contributed by atoms with Gasteiger partial charge in [-0.05, 0) is 29.7 Å². The van der Waals surface area contributed by atoms with E-state index in [-0.39, 0.29) is 18.7 Å². The van der Waals surface area contributed by atoms with Crippen LogP contribution in [0.25, 0.3) is 0 Å². The zero-order valence-corrected chi connectivity index (χ0v) is 14.5. The highest BCUT2D eigenvalue weighted by Crippen LogP contribution is 2.09. The number of carboxylic acids is 1. The number of methoxy groups -OCH3 is 1. The summed E-state index contributed by atoms with van der Waals surface area (Å²) in [5.41, 5.74) is 2.16. The van der Waals surface area contributed by atoms with Gasteiger partial charge in [-0.1, -0.05) is 42.5 Å². The number of hydrogen-bond donors (Lipinski definition) is 2. The topological polar surface area (TPSA) is 92.7 Å². The molecule has 0 spiro atoms. The Balaban J connectivity index is 1.88. The van der Waals surface area contributed by atoms with E-state index in [2.05, 4.69) is 10.1 Å². The molecule has 0 unspecified atom stereocenters. The molecule has 1 atom stereocenters. The van der Waals surface area contributed by atoms with Crippen molar-refractivity contribution in [3.63, 3.8) is 0 Å². The van der Waals surface area contributed by atoms with Gasteiger partial charge in [0.15, 0.2) is 0 Å². The van der Waals surface area contributed by atoms with Crippen molar-refractivity contribution >= 4 is 17.8 Å². The summed E-state index contributed by atoms with van der Waals surface area (Å²) in [5.74, 6) is -1.81. The van der Waals surface area contributed by atoms with Gasteiger partial charge in [0.2, 0.25) is 5.91 Å². The minimum absolute atomic E-state index is 0.163. The molecule has 0 aromatic heterocycles. The van der Waals surface area contributed by atoms with Gasteiger partial charge in [-0.25, -0.2) is 9.59 Å². The molecule has 6 heteroatoms. The predicted octanol–water partition coefficient (Wildman–Crippen LogP) is 2.22. The SMILES string of the molecule is COC(=O)c1ccc(CCC(=O)N[C@H](Cc2ccccc2)C(=O)O)cc1. The second-order valence-corrected chi connectivity index (χ2v) is 5.84. The Hall–Kier alpha value is -3.15. The zero-order valence-electron chi connectivity index (χ0n) is 14.5. The number of aryl methyl sites for hydroxylation is 1. The second kappa shape index (κ2) is 9.36. The predicted molar refractivity (Wildman–Crippen MR) is 95.8 cm³/mol. The first kappa shape index (κ1) is 19.2. The molecule has 0 fully saturated rings. The van der Waals surface area contributed by atoms with E-state index < -0.39 is 18.0 Å². The Morgan fingerprint density at radius 3 is 2.23 bits per heavy atom. The Labute approximate surface area is 151 Å². The van der Waals surface area contributed by atoms with Crippen LogP contribution >= 0.6 is 0 Å². The van der Waals surface area contributed by atoms with Crippen LogP contribution < -0.4 is 5.32 Å². The summed E-state index contributed by atoms with van der Waals surface area (Å²) in [4.78, 5) is 34.9. The first-order chi connectivity index (χ1) is 12.5. The molecule has 2 N–H and O–H groups in total. The molecule has 0 aliphatic rings. The quantitative estimate of drug-likeness (QED) is 0.708. The lowest BCUT2D eigenvalue weighted by Crippen LogP contribution is -2.42. The normalized spacial score (nSPS) is 11.4. The fraction of sp³-hybridized carbons (Fsp3) is 0.250. The molecular weight excluding hydrogens is 334 g/mol. The highest BCUT2D eigenvalue weighted by atomic mass is 16.5. The van der Waals surface area contributed by atoms with Crippen molar-refractivity contribution in [1.82, 2.24) is 5.32 Å². The number of esters is 1. The number of aliphatic carboxylic acids is 1. The van der Waals surface area contributed by atoms with Crippen LogP contribution in [0.1, 0.15) is 27.9 Å². The molecule has 0 radical (unpaired) electrons. The standard InChI is InChI=1S/C20H21NO5/c1-26-20(25)16-10-7-14(8-11-16)9-12-18(22)21-17(19(23)24)13-15-5-3-2-4-6-15/h2-8,10-11,17H,9,12-13H2,1H3,(H,21,22)(H,23,24)/t17-/m1/s1. The summed E-state index contributed by atoms with van der Waals surface area (Å²) in [6.45, 7) is 0. The van der Waals surface area contributed by atoms with E-state index >= 15 is 0 Å². The van der Waals surface area contributed by atoms with Gasteiger partial charge in [0, 0.05) is 12.8 Å². The monoisotopic (exact) mass is 355 g/mol. The molecule has 0 heterocycles. The second-order valence-electron chi connectivity index (χ2n) is 5.84. The third-order valence-electron chi connectivity index (χ3n) is 3.93. The van der Waals surface area contributed by atoms with E-state index in [1.54, 1.807) is 24.3 Å². The van der Waals surface area contributed by atoms with Crippen molar-refractivity contribution in [2.24, 2.45) is 0 Å². The van der Waals surface area contributed by atoms with Crippen molar-refractivity contribution < 1.29 is 24.2 Å². The van der Waals surface area contributed by atoms with Crippen molar-refractivity contribution in [3.05, 3.63) is 71.3 Å². The lowest BCUT2D eigenvalue weighted by atomic mass is 10.0. The maximum absolute atomic E-state index is 12.1. The Morgan fingerprint density at radius 1 is 1.00 bits per heavy atom. The van der Waals surface area contributed by atoms with E-state index in [9.17, 15) is 19.5 Å².